The first-order valence-corrected chi connectivity index (χ1v) is 10.9. The first-order valence-electron chi connectivity index (χ1n) is 9.23. The van der Waals surface area contributed by atoms with Gasteiger partial charge in [0.05, 0.1) is 0 Å². The minimum Gasteiger partial charge on any atom is -1.00 e. The van der Waals surface area contributed by atoms with Gasteiger partial charge in [0, 0.05) is 41.7 Å². The van der Waals surface area contributed by atoms with E-state index in [1.165, 1.54) is 36.2 Å². The van der Waals surface area contributed by atoms with Crippen molar-refractivity contribution in [2.75, 3.05) is 19.0 Å². The molecule has 0 radical (unpaired) electrons. The van der Waals surface area contributed by atoms with Gasteiger partial charge in [0.25, 0.3) is 5.01 Å². The highest BCUT2D eigenvalue weighted by Gasteiger charge is 2.16. The molecule has 148 valence electrons. The van der Waals surface area contributed by atoms with Crippen LogP contribution in [0.2, 0.25) is 0 Å². The number of para-hydroxylation sites is 1. The number of thiophene rings is 1. The van der Waals surface area contributed by atoms with Crippen LogP contribution in [-0.2, 0) is 6.54 Å². The first-order chi connectivity index (χ1) is 13.7. The van der Waals surface area contributed by atoms with Gasteiger partial charge in [0.15, 0.2) is 6.54 Å². The standard InChI is InChI=1S/C24H23N2S2.BrH/c1-4-17-26-21-7-5-6-8-23(21)28-24(26)16-14-20-13-15-22(27-20)18-9-11-19(12-10-18)25(2)3;/h4-16H,1,17H2,2-3H3;1H/q+1;/p-1. The Kier molecular flexibility index (Phi) is 7.06. The summed E-state index contributed by atoms with van der Waals surface area (Å²) < 4.78 is 3.62. The molecular formula is C24H23BrN2S2. The predicted molar refractivity (Wildman–Crippen MR) is 125 cm³/mol. The second-order valence-electron chi connectivity index (χ2n) is 6.78. The van der Waals surface area contributed by atoms with Crippen LogP contribution in [-0.4, -0.2) is 14.1 Å². The molecule has 2 aromatic carbocycles. The van der Waals surface area contributed by atoms with Gasteiger partial charge in [0.1, 0.15) is 4.70 Å². The molecular weight excluding hydrogens is 460 g/mol. The third-order valence-corrected chi connectivity index (χ3v) is 6.86. The number of fused-ring (bicyclic) bond motifs is 1. The van der Waals surface area contributed by atoms with Crippen molar-refractivity contribution in [2.24, 2.45) is 0 Å². The molecule has 29 heavy (non-hydrogen) atoms. The van der Waals surface area contributed by atoms with Gasteiger partial charge in [-0.2, -0.15) is 4.57 Å². The fourth-order valence-corrected chi connectivity index (χ4v) is 5.16. The predicted octanol–water partition coefficient (Wildman–Crippen LogP) is 3.34. The third kappa shape index (κ3) is 4.69. The molecule has 0 unspecified atom stereocenters. The van der Waals surface area contributed by atoms with Crippen molar-refractivity contribution < 1.29 is 21.5 Å². The van der Waals surface area contributed by atoms with Crippen LogP contribution in [0.4, 0.5) is 5.69 Å². The van der Waals surface area contributed by atoms with E-state index in [1.807, 2.05) is 28.7 Å². The van der Waals surface area contributed by atoms with Gasteiger partial charge in [-0.05, 0) is 48.0 Å². The second kappa shape index (κ2) is 9.53. The van der Waals surface area contributed by atoms with Gasteiger partial charge < -0.3 is 21.9 Å². The van der Waals surface area contributed by atoms with Crippen LogP contribution in [0, 0.1) is 0 Å². The van der Waals surface area contributed by atoms with E-state index >= 15 is 0 Å². The number of halogens is 1. The van der Waals surface area contributed by atoms with E-state index in [0.717, 1.165) is 6.54 Å². The van der Waals surface area contributed by atoms with E-state index in [1.54, 1.807) is 0 Å². The fourth-order valence-electron chi connectivity index (χ4n) is 3.17. The highest BCUT2D eigenvalue weighted by molar-refractivity contribution is 7.19. The lowest BCUT2D eigenvalue weighted by Gasteiger charge is -2.12. The largest absolute Gasteiger partial charge is 1.00 e. The normalized spacial score (nSPS) is 11.0. The summed E-state index contributed by atoms with van der Waals surface area (Å²) in [4.78, 5) is 4.67. The highest BCUT2D eigenvalue weighted by Crippen LogP contribution is 2.31. The van der Waals surface area contributed by atoms with E-state index < -0.39 is 0 Å². The molecule has 0 aliphatic carbocycles. The van der Waals surface area contributed by atoms with Crippen molar-refractivity contribution in [3.8, 4) is 10.4 Å². The lowest BCUT2D eigenvalue weighted by molar-refractivity contribution is -0.658. The van der Waals surface area contributed by atoms with Crippen LogP contribution in [0.1, 0.15) is 9.88 Å². The molecule has 0 bridgehead atoms. The quantitative estimate of drug-likeness (QED) is 0.302. The summed E-state index contributed by atoms with van der Waals surface area (Å²) in [6, 6.07) is 21.7. The van der Waals surface area contributed by atoms with Gasteiger partial charge >= 0.3 is 0 Å². The molecule has 5 heteroatoms. The van der Waals surface area contributed by atoms with Crippen LogP contribution in [0.15, 0.2) is 73.3 Å². The second-order valence-corrected chi connectivity index (χ2v) is 8.96. The maximum Gasteiger partial charge on any atom is 0.263 e. The molecule has 0 amide bonds. The number of nitrogens with zero attached hydrogens (tertiary/aromatic N) is 2. The van der Waals surface area contributed by atoms with Crippen molar-refractivity contribution in [3.05, 3.63) is 83.2 Å². The zero-order chi connectivity index (χ0) is 19.5. The maximum absolute atomic E-state index is 3.91. The van der Waals surface area contributed by atoms with Crippen LogP contribution >= 0.6 is 22.7 Å². The minimum atomic E-state index is 0. The number of hydrogen-bond donors (Lipinski definition) is 0. The summed E-state index contributed by atoms with van der Waals surface area (Å²) in [7, 11) is 4.13. The van der Waals surface area contributed by atoms with Gasteiger partial charge in [-0.3, -0.25) is 0 Å². The summed E-state index contributed by atoms with van der Waals surface area (Å²) in [6.45, 7) is 4.73. The van der Waals surface area contributed by atoms with Crippen LogP contribution < -0.4 is 26.4 Å². The molecule has 0 aliphatic heterocycles. The number of hydrogen-bond acceptors (Lipinski definition) is 3. The van der Waals surface area contributed by atoms with E-state index in [0.29, 0.717) is 0 Å². The number of benzene rings is 2. The molecule has 4 rings (SSSR count). The summed E-state index contributed by atoms with van der Waals surface area (Å²) in [5.74, 6) is 0. The maximum atomic E-state index is 3.91. The average Bonchev–Trinajstić information content (AvgIpc) is 3.32. The highest BCUT2D eigenvalue weighted by atomic mass is 79.9. The number of aromatic nitrogens is 1. The number of thiazole rings is 1. The summed E-state index contributed by atoms with van der Waals surface area (Å²) in [5, 5.41) is 1.24. The lowest BCUT2D eigenvalue weighted by atomic mass is 10.1. The van der Waals surface area contributed by atoms with Crippen molar-refractivity contribution in [3.63, 3.8) is 0 Å². The third-order valence-electron chi connectivity index (χ3n) is 4.63. The van der Waals surface area contributed by atoms with Crippen molar-refractivity contribution in [1.29, 1.82) is 0 Å². The molecule has 0 fully saturated rings. The zero-order valence-corrected chi connectivity index (χ0v) is 19.7. The van der Waals surface area contributed by atoms with E-state index in [2.05, 4.69) is 103 Å². The van der Waals surface area contributed by atoms with Crippen molar-refractivity contribution in [2.45, 2.75) is 6.54 Å². The Morgan fingerprint density at radius 2 is 1.69 bits per heavy atom. The Morgan fingerprint density at radius 3 is 2.41 bits per heavy atom. The minimum absolute atomic E-state index is 0. The molecule has 0 N–H and O–H groups in total. The Balaban J connectivity index is 0.00000240. The van der Waals surface area contributed by atoms with E-state index in [4.69, 9.17) is 0 Å². The Labute approximate surface area is 190 Å². The summed E-state index contributed by atoms with van der Waals surface area (Å²) in [5.41, 5.74) is 3.75. The van der Waals surface area contributed by atoms with Gasteiger partial charge in [-0.15, -0.1) is 11.3 Å². The monoisotopic (exact) mass is 482 g/mol. The van der Waals surface area contributed by atoms with Crippen molar-refractivity contribution in [1.82, 2.24) is 0 Å². The number of rotatable bonds is 6. The SMILES string of the molecule is C=CC[n+]1c(/C=C/c2ccc(-c3ccc(N(C)C)cc3)s2)sc2ccccc21.[Br-]. The Morgan fingerprint density at radius 1 is 0.931 bits per heavy atom. The fraction of sp³-hybridized carbons (Fsp3) is 0.125. The molecule has 0 aliphatic rings. The summed E-state index contributed by atoms with van der Waals surface area (Å²) >= 11 is 3.64. The van der Waals surface area contributed by atoms with Gasteiger partial charge in [-0.1, -0.05) is 42.2 Å². The van der Waals surface area contributed by atoms with E-state index in [-0.39, 0.29) is 17.0 Å². The van der Waals surface area contributed by atoms with Gasteiger partial charge in [-0.25, -0.2) is 0 Å². The first kappa shape index (κ1) is 21.5. The zero-order valence-electron chi connectivity index (χ0n) is 16.5. The van der Waals surface area contributed by atoms with Crippen LogP contribution in [0.25, 0.3) is 32.8 Å². The van der Waals surface area contributed by atoms with Crippen LogP contribution in [0.3, 0.4) is 0 Å². The molecule has 2 nitrogen and oxygen atoms in total. The molecule has 2 heterocycles. The van der Waals surface area contributed by atoms with Crippen LogP contribution in [0.5, 0.6) is 0 Å². The molecule has 2 aromatic heterocycles. The number of anilines is 1. The molecule has 0 saturated heterocycles. The van der Waals surface area contributed by atoms with E-state index in [9.17, 15) is 0 Å². The lowest BCUT2D eigenvalue weighted by Crippen LogP contribution is -3.00. The molecule has 0 spiro atoms. The molecule has 0 atom stereocenters. The summed E-state index contributed by atoms with van der Waals surface area (Å²) in [6.07, 6.45) is 6.39. The van der Waals surface area contributed by atoms with Crippen molar-refractivity contribution >= 4 is 50.7 Å². The Bertz CT molecular complexity index is 1140. The molecule has 4 aromatic rings. The Hall–Kier alpha value is -2.21. The smallest absolute Gasteiger partial charge is 0.263 e. The van der Waals surface area contributed by atoms with Gasteiger partial charge in [0.2, 0.25) is 5.52 Å². The topological polar surface area (TPSA) is 7.12 Å². The molecule has 0 saturated carbocycles. The number of allylic oxidation sites excluding steroid dienone is 1. The average molecular weight is 484 g/mol.